The van der Waals surface area contributed by atoms with Gasteiger partial charge in [-0.1, -0.05) is 12.1 Å². The number of amides is 1. The van der Waals surface area contributed by atoms with Crippen LogP contribution in [0.5, 0.6) is 0 Å². The quantitative estimate of drug-likeness (QED) is 0.848. The number of anilines is 1. The Morgan fingerprint density at radius 2 is 2.26 bits per heavy atom. The van der Waals surface area contributed by atoms with E-state index in [1.165, 1.54) is 0 Å². The standard InChI is InChI=1S/C17H17BrN2O2S/c18-11-8-15(23-10-11)16-19-14-6-2-1-5-13(14)17(21)20(16)9-12-4-3-7-22-12/h1-2,5-6,8,10,12,16,19H,3-4,7,9H2/t12-,16-/m1/s1. The smallest absolute Gasteiger partial charge is 0.257 e. The van der Waals surface area contributed by atoms with Gasteiger partial charge in [0.05, 0.1) is 11.7 Å². The first-order valence-electron chi connectivity index (χ1n) is 7.74. The van der Waals surface area contributed by atoms with E-state index in [2.05, 4.69) is 27.3 Å². The van der Waals surface area contributed by atoms with E-state index in [9.17, 15) is 4.79 Å². The normalized spacial score (nSPS) is 23.7. The molecule has 0 saturated carbocycles. The number of thiophene rings is 1. The molecule has 1 amide bonds. The van der Waals surface area contributed by atoms with E-state index in [1.807, 2.05) is 34.5 Å². The van der Waals surface area contributed by atoms with Crippen molar-refractivity contribution in [3.8, 4) is 0 Å². The zero-order valence-corrected chi connectivity index (χ0v) is 14.9. The van der Waals surface area contributed by atoms with Crippen LogP contribution >= 0.6 is 27.3 Å². The van der Waals surface area contributed by atoms with Gasteiger partial charge in [-0.2, -0.15) is 0 Å². The van der Waals surface area contributed by atoms with Crippen molar-refractivity contribution in [1.29, 1.82) is 0 Å². The van der Waals surface area contributed by atoms with Gasteiger partial charge in [0.2, 0.25) is 0 Å². The van der Waals surface area contributed by atoms with E-state index in [-0.39, 0.29) is 18.2 Å². The number of carbonyl (C=O) groups excluding carboxylic acids is 1. The van der Waals surface area contributed by atoms with Gasteiger partial charge in [-0.3, -0.25) is 4.79 Å². The first-order chi connectivity index (χ1) is 11.2. The van der Waals surface area contributed by atoms with Gasteiger partial charge in [0, 0.05) is 33.6 Å². The molecule has 4 nitrogen and oxygen atoms in total. The van der Waals surface area contributed by atoms with Crippen LogP contribution in [-0.4, -0.2) is 30.1 Å². The summed E-state index contributed by atoms with van der Waals surface area (Å²) in [5, 5.41) is 5.57. The molecule has 120 valence electrons. The van der Waals surface area contributed by atoms with E-state index in [1.54, 1.807) is 11.3 Å². The van der Waals surface area contributed by atoms with Gasteiger partial charge < -0.3 is 15.0 Å². The summed E-state index contributed by atoms with van der Waals surface area (Å²) in [4.78, 5) is 16.1. The highest BCUT2D eigenvalue weighted by Crippen LogP contribution is 2.37. The van der Waals surface area contributed by atoms with Crippen molar-refractivity contribution < 1.29 is 9.53 Å². The van der Waals surface area contributed by atoms with Gasteiger partial charge in [0.15, 0.2) is 0 Å². The highest BCUT2D eigenvalue weighted by Gasteiger charge is 2.35. The Bertz CT molecular complexity index is 727. The van der Waals surface area contributed by atoms with E-state index < -0.39 is 0 Å². The number of hydrogen-bond acceptors (Lipinski definition) is 4. The Morgan fingerprint density at radius 1 is 1.39 bits per heavy atom. The summed E-state index contributed by atoms with van der Waals surface area (Å²) in [6, 6.07) is 9.78. The minimum Gasteiger partial charge on any atom is -0.376 e. The largest absolute Gasteiger partial charge is 0.376 e. The van der Waals surface area contributed by atoms with Crippen LogP contribution in [0, 0.1) is 0 Å². The number of rotatable bonds is 3. The molecule has 0 bridgehead atoms. The zero-order chi connectivity index (χ0) is 15.8. The molecule has 23 heavy (non-hydrogen) atoms. The highest BCUT2D eigenvalue weighted by atomic mass is 79.9. The van der Waals surface area contributed by atoms with Gasteiger partial charge in [-0.25, -0.2) is 0 Å². The summed E-state index contributed by atoms with van der Waals surface area (Å²) in [6.07, 6.45) is 2.09. The lowest BCUT2D eigenvalue weighted by Gasteiger charge is -2.38. The fraction of sp³-hybridized carbons (Fsp3) is 0.353. The SMILES string of the molecule is O=C1c2ccccc2N[C@@H](c2cc(Br)cs2)N1C[C@H]1CCCO1. The summed E-state index contributed by atoms with van der Waals surface area (Å²) < 4.78 is 6.80. The Morgan fingerprint density at radius 3 is 3.00 bits per heavy atom. The van der Waals surface area contributed by atoms with Gasteiger partial charge in [-0.15, -0.1) is 11.3 Å². The van der Waals surface area contributed by atoms with Crippen LogP contribution in [0.15, 0.2) is 40.2 Å². The lowest BCUT2D eigenvalue weighted by Crippen LogP contribution is -2.46. The van der Waals surface area contributed by atoms with Gasteiger partial charge in [0.25, 0.3) is 5.91 Å². The molecule has 0 radical (unpaired) electrons. The first-order valence-corrected chi connectivity index (χ1v) is 9.42. The lowest BCUT2D eigenvalue weighted by atomic mass is 10.1. The number of halogens is 1. The summed E-state index contributed by atoms with van der Waals surface area (Å²) in [7, 11) is 0. The molecule has 0 aliphatic carbocycles. The second-order valence-corrected chi connectivity index (χ2v) is 7.71. The fourth-order valence-corrected chi connectivity index (χ4v) is 4.69. The van der Waals surface area contributed by atoms with Gasteiger partial charge in [0.1, 0.15) is 6.17 Å². The molecule has 1 aromatic carbocycles. The van der Waals surface area contributed by atoms with E-state index in [0.29, 0.717) is 6.54 Å². The molecule has 2 atom stereocenters. The molecule has 4 rings (SSSR count). The third-order valence-corrected chi connectivity index (χ3v) is 6.05. The number of para-hydroxylation sites is 1. The molecule has 2 aliphatic heterocycles. The fourth-order valence-electron chi connectivity index (χ4n) is 3.19. The maximum Gasteiger partial charge on any atom is 0.257 e. The Kier molecular flexibility index (Phi) is 4.13. The number of nitrogens with zero attached hydrogens (tertiary/aromatic N) is 1. The van der Waals surface area contributed by atoms with Crippen molar-refractivity contribution in [2.24, 2.45) is 0 Å². The molecule has 2 aromatic rings. The minimum atomic E-state index is -0.141. The molecular formula is C17H17BrN2O2S. The number of hydrogen-bond donors (Lipinski definition) is 1. The summed E-state index contributed by atoms with van der Waals surface area (Å²) >= 11 is 5.16. The number of fused-ring (bicyclic) bond motifs is 1. The average molecular weight is 393 g/mol. The average Bonchev–Trinajstić information content (AvgIpc) is 3.21. The molecule has 0 spiro atoms. The Balaban J connectivity index is 1.70. The van der Waals surface area contributed by atoms with E-state index in [4.69, 9.17) is 4.74 Å². The van der Waals surface area contributed by atoms with Crippen molar-refractivity contribution in [2.45, 2.75) is 25.1 Å². The molecular weight excluding hydrogens is 376 g/mol. The number of benzene rings is 1. The third-order valence-electron chi connectivity index (χ3n) is 4.30. The molecule has 1 saturated heterocycles. The van der Waals surface area contributed by atoms with Crippen LogP contribution in [-0.2, 0) is 4.74 Å². The maximum absolute atomic E-state index is 13.0. The summed E-state index contributed by atoms with van der Waals surface area (Å²) in [6.45, 7) is 1.42. The molecule has 1 N–H and O–H groups in total. The van der Waals surface area contributed by atoms with E-state index >= 15 is 0 Å². The van der Waals surface area contributed by atoms with Gasteiger partial charge in [-0.05, 0) is 47.0 Å². The Labute approximate surface area is 147 Å². The van der Waals surface area contributed by atoms with Crippen LogP contribution in [0.4, 0.5) is 5.69 Å². The molecule has 6 heteroatoms. The zero-order valence-electron chi connectivity index (χ0n) is 12.5. The summed E-state index contributed by atoms with van der Waals surface area (Å²) in [5.74, 6) is 0.0735. The van der Waals surface area contributed by atoms with E-state index in [0.717, 1.165) is 40.0 Å². The molecule has 0 unspecified atom stereocenters. The van der Waals surface area contributed by atoms with Crippen molar-refractivity contribution in [3.05, 3.63) is 50.6 Å². The number of nitrogens with one attached hydrogen (secondary N) is 1. The van der Waals surface area contributed by atoms with Crippen molar-refractivity contribution in [3.63, 3.8) is 0 Å². The maximum atomic E-state index is 13.0. The van der Waals surface area contributed by atoms with Crippen LogP contribution in [0.1, 0.15) is 34.2 Å². The minimum absolute atomic E-state index is 0.0735. The van der Waals surface area contributed by atoms with Crippen molar-refractivity contribution >= 4 is 38.9 Å². The molecule has 3 heterocycles. The number of ether oxygens (including phenoxy) is 1. The third kappa shape index (κ3) is 2.91. The first kappa shape index (κ1) is 15.2. The van der Waals surface area contributed by atoms with Crippen LogP contribution in [0.25, 0.3) is 0 Å². The predicted molar refractivity (Wildman–Crippen MR) is 94.8 cm³/mol. The van der Waals surface area contributed by atoms with Crippen molar-refractivity contribution in [1.82, 2.24) is 4.90 Å². The van der Waals surface area contributed by atoms with Crippen molar-refractivity contribution in [2.75, 3.05) is 18.5 Å². The number of carbonyl (C=O) groups is 1. The topological polar surface area (TPSA) is 41.6 Å². The van der Waals surface area contributed by atoms with Crippen LogP contribution in [0.2, 0.25) is 0 Å². The second-order valence-electron chi connectivity index (χ2n) is 5.85. The van der Waals surface area contributed by atoms with Gasteiger partial charge >= 0.3 is 0 Å². The summed E-state index contributed by atoms with van der Waals surface area (Å²) in [5.41, 5.74) is 1.63. The molecule has 2 aliphatic rings. The monoisotopic (exact) mass is 392 g/mol. The molecule has 1 fully saturated rings. The Hall–Kier alpha value is -1.37. The predicted octanol–water partition coefficient (Wildman–Crippen LogP) is 4.26. The van der Waals surface area contributed by atoms with Crippen LogP contribution < -0.4 is 5.32 Å². The lowest BCUT2D eigenvalue weighted by molar-refractivity contribution is 0.0430. The molecule has 1 aromatic heterocycles. The highest BCUT2D eigenvalue weighted by molar-refractivity contribution is 9.10. The van der Waals surface area contributed by atoms with Crippen LogP contribution in [0.3, 0.4) is 0 Å². The second kappa shape index (κ2) is 6.26.